The summed E-state index contributed by atoms with van der Waals surface area (Å²) in [4.78, 5) is 11.9. The molecule has 0 amide bonds. The summed E-state index contributed by atoms with van der Waals surface area (Å²) >= 11 is 0. The predicted molar refractivity (Wildman–Crippen MR) is 87.6 cm³/mol. The van der Waals surface area contributed by atoms with Gasteiger partial charge in [-0.2, -0.15) is 5.26 Å². The summed E-state index contributed by atoms with van der Waals surface area (Å²) in [5.74, 6) is 0.925. The summed E-state index contributed by atoms with van der Waals surface area (Å²) < 4.78 is 10.8. The van der Waals surface area contributed by atoms with E-state index in [1.165, 1.54) is 0 Å². The molecule has 2 aromatic carbocycles. The molecule has 0 radical (unpaired) electrons. The van der Waals surface area contributed by atoms with Gasteiger partial charge in [-0.15, -0.1) is 0 Å². The summed E-state index contributed by atoms with van der Waals surface area (Å²) in [5, 5.41) is 8.74. The van der Waals surface area contributed by atoms with Gasteiger partial charge in [-0.3, -0.25) is 0 Å². The minimum atomic E-state index is -0.481. The number of hydrogen-bond donors (Lipinski definition) is 0. The van der Waals surface area contributed by atoms with E-state index >= 15 is 0 Å². The first-order chi connectivity index (χ1) is 11.0. The third-order valence-corrected chi connectivity index (χ3v) is 3.35. The fourth-order valence-corrected chi connectivity index (χ4v) is 2.14. The van der Waals surface area contributed by atoms with E-state index in [9.17, 15) is 4.79 Å². The standard InChI is InChI=1S/C19H19NO3/c1-13(2)17-9-4-14(3)10-18(17)22-12-19(21)23-16-7-5-15(11-20)6-8-16/h4-10,13H,12H2,1-3H3. The largest absolute Gasteiger partial charge is 0.482 e. The Labute approximate surface area is 136 Å². The van der Waals surface area contributed by atoms with Gasteiger partial charge in [0.15, 0.2) is 6.61 Å². The summed E-state index contributed by atoms with van der Waals surface area (Å²) in [5.41, 5.74) is 2.65. The average molecular weight is 309 g/mol. The lowest BCUT2D eigenvalue weighted by molar-refractivity contribution is -0.136. The number of hydrogen-bond acceptors (Lipinski definition) is 4. The fourth-order valence-electron chi connectivity index (χ4n) is 2.14. The van der Waals surface area contributed by atoms with Crippen molar-refractivity contribution in [3.05, 3.63) is 59.2 Å². The van der Waals surface area contributed by atoms with Gasteiger partial charge in [0.05, 0.1) is 11.6 Å². The molecule has 0 aliphatic heterocycles. The van der Waals surface area contributed by atoms with Crippen molar-refractivity contribution in [1.82, 2.24) is 0 Å². The van der Waals surface area contributed by atoms with E-state index in [0.29, 0.717) is 23.0 Å². The van der Waals surface area contributed by atoms with Crippen molar-refractivity contribution in [2.45, 2.75) is 26.7 Å². The van der Waals surface area contributed by atoms with Crippen molar-refractivity contribution in [3.8, 4) is 17.6 Å². The fraction of sp³-hybridized carbons (Fsp3) is 0.263. The molecule has 0 saturated heterocycles. The van der Waals surface area contributed by atoms with E-state index in [1.54, 1.807) is 24.3 Å². The van der Waals surface area contributed by atoms with Crippen LogP contribution in [-0.4, -0.2) is 12.6 Å². The number of nitriles is 1. The van der Waals surface area contributed by atoms with Crippen LogP contribution in [0.1, 0.15) is 36.5 Å². The molecule has 0 bridgehead atoms. The van der Waals surface area contributed by atoms with Crippen LogP contribution in [0.3, 0.4) is 0 Å². The van der Waals surface area contributed by atoms with Crippen molar-refractivity contribution in [2.24, 2.45) is 0 Å². The number of nitrogens with zero attached hydrogens (tertiary/aromatic N) is 1. The van der Waals surface area contributed by atoms with Crippen molar-refractivity contribution in [2.75, 3.05) is 6.61 Å². The first kappa shape index (κ1) is 16.6. The number of ether oxygens (including phenoxy) is 2. The molecule has 0 aliphatic carbocycles. The van der Waals surface area contributed by atoms with E-state index in [1.807, 2.05) is 31.2 Å². The van der Waals surface area contributed by atoms with Crippen LogP contribution < -0.4 is 9.47 Å². The summed E-state index contributed by atoms with van der Waals surface area (Å²) in [7, 11) is 0. The molecule has 0 N–H and O–H groups in total. The second-order valence-electron chi connectivity index (χ2n) is 5.59. The van der Waals surface area contributed by atoms with Gasteiger partial charge in [0.1, 0.15) is 11.5 Å². The lowest BCUT2D eigenvalue weighted by Crippen LogP contribution is -2.18. The molecule has 4 heteroatoms. The highest BCUT2D eigenvalue weighted by molar-refractivity contribution is 5.74. The molecule has 0 aromatic heterocycles. The normalized spacial score (nSPS) is 10.2. The maximum absolute atomic E-state index is 11.9. The molecular weight excluding hydrogens is 290 g/mol. The number of aryl methyl sites for hydroxylation is 1. The van der Waals surface area contributed by atoms with E-state index in [2.05, 4.69) is 13.8 Å². The monoisotopic (exact) mass is 309 g/mol. The second kappa shape index (κ2) is 7.46. The van der Waals surface area contributed by atoms with Crippen LogP contribution in [0.2, 0.25) is 0 Å². The Morgan fingerprint density at radius 3 is 2.48 bits per heavy atom. The predicted octanol–water partition coefficient (Wildman–Crippen LogP) is 3.97. The quantitative estimate of drug-likeness (QED) is 0.619. The van der Waals surface area contributed by atoms with Crippen LogP contribution in [-0.2, 0) is 4.79 Å². The Morgan fingerprint density at radius 1 is 1.17 bits per heavy atom. The average Bonchev–Trinajstić information content (AvgIpc) is 2.53. The number of rotatable bonds is 5. The Morgan fingerprint density at radius 2 is 1.87 bits per heavy atom. The lowest BCUT2D eigenvalue weighted by atomic mass is 10.0. The molecule has 0 heterocycles. The highest BCUT2D eigenvalue weighted by atomic mass is 16.6. The molecule has 0 atom stereocenters. The summed E-state index contributed by atoms with van der Waals surface area (Å²) in [6.45, 7) is 5.97. The highest BCUT2D eigenvalue weighted by Crippen LogP contribution is 2.27. The van der Waals surface area contributed by atoms with Gasteiger partial charge in [0.25, 0.3) is 0 Å². The second-order valence-corrected chi connectivity index (χ2v) is 5.59. The van der Waals surface area contributed by atoms with Crippen molar-refractivity contribution in [1.29, 1.82) is 5.26 Å². The number of esters is 1. The third-order valence-electron chi connectivity index (χ3n) is 3.35. The van der Waals surface area contributed by atoms with E-state index in [0.717, 1.165) is 11.1 Å². The molecule has 0 unspecified atom stereocenters. The molecule has 4 nitrogen and oxygen atoms in total. The molecule has 0 aliphatic rings. The third kappa shape index (κ3) is 4.58. The molecular formula is C19H19NO3. The van der Waals surface area contributed by atoms with Gasteiger partial charge in [-0.25, -0.2) is 4.79 Å². The summed E-state index contributed by atoms with van der Waals surface area (Å²) in [6, 6.07) is 14.3. The van der Waals surface area contributed by atoms with Crippen molar-refractivity contribution in [3.63, 3.8) is 0 Å². The highest BCUT2D eigenvalue weighted by Gasteiger charge is 2.11. The van der Waals surface area contributed by atoms with Crippen LogP contribution in [0.15, 0.2) is 42.5 Å². The first-order valence-electron chi connectivity index (χ1n) is 7.44. The van der Waals surface area contributed by atoms with Crippen LogP contribution >= 0.6 is 0 Å². The van der Waals surface area contributed by atoms with Gasteiger partial charge in [-0.1, -0.05) is 26.0 Å². The van der Waals surface area contributed by atoms with Gasteiger partial charge in [0, 0.05) is 0 Å². The number of carbonyl (C=O) groups is 1. The van der Waals surface area contributed by atoms with Crippen LogP contribution in [0.25, 0.3) is 0 Å². The number of benzene rings is 2. The van der Waals surface area contributed by atoms with Crippen LogP contribution in [0.4, 0.5) is 0 Å². The molecule has 118 valence electrons. The Bertz CT molecular complexity index is 727. The topological polar surface area (TPSA) is 59.3 Å². The van der Waals surface area contributed by atoms with E-state index < -0.39 is 5.97 Å². The van der Waals surface area contributed by atoms with E-state index in [4.69, 9.17) is 14.7 Å². The van der Waals surface area contributed by atoms with Crippen molar-refractivity contribution >= 4 is 5.97 Å². The smallest absolute Gasteiger partial charge is 0.349 e. The minimum absolute atomic E-state index is 0.164. The van der Waals surface area contributed by atoms with Gasteiger partial charge < -0.3 is 9.47 Å². The molecule has 23 heavy (non-hydrogen) atoms. The Kier molecular flexibility index (Phi) is 5.37. The molecule has 0 spiro atoms. The lowest BCUT2D eigenvalue weighted by Gasteiger charge is -2.14. The van der Waals surface area contributed by atoms with Crippen LogP contribution in [0, 0.1) is 18.3 Å². The Balaban J connectivity index is 1.99. The zero-order valence-corrected chi connectivity index (χ0v) is 13.5. The zero-order valence-electron chi connectivity index (χ0n) is 13.5. The van der Waals surface area contributed by atoms with Crippen LogP contribution in [0.5, 0.6) is 11.5 Å². The zero-order chi connectivity index (χ0) is 16.8. The SMILES string of the molecule is Cc1ccc(C(C)C)c(OCC(=O)Oc2ccc(C#N)cc2)c1. The van der Waals surface area contributed by atoms with Gasteiger partial charge in [-0.05, 0) is 54.3 Å². The molecule has 2 rings (SSSR count). The molecule has 0 fully saturated rings. The van der Waals surface area contributed by atoms with Gasteiger partial charge >= 0.3 is 5.97 Å². The van der Waals surface area contributed by atoms with Gasteiger partial charge in [0.2, 0.25) is 0 Å². The summed E-state index contributed by atoms with van der Waals surface area (Å²) in [6.07, 6.45) is 0. The molecule has 0 saturated carbocycles. The molecule has 2 aromatic rings. The number of carbonyl (C=O) groups excluding carboxylic acids is 1. The van der Waals surface area contributed by atoms with Crippen molar-refractivity contribution < 1.29 is 14.3 Å². The van der Waals surface area contributed by atoms with E-state index in [-0.39, 0.29) is 6.61 Å². The maximum Gasteiger partial charge on any atom is 0.349 e. The Hall–Kier alpha value is -2.80. The first-order valence-corrected chi connectivity index (χ1v) is 7.44. The maximum atomic E-state index is 11.9. The minimum Gasteiger partial charge on any atom is -0.482 e.